The fraction of sp³-hybridized carbons (Fsp3) is 0.308. The van der Waals surface area contributed by atoms with Crippen LogP contribution in [0.3, 0.4) is 0 Å². The van der Waals surface area contributed by atoms with Gasteiger partial charge in [-0.1, -0.05) is 50.6 Å². The fourth-order valence-electron chi connectivity index (χ4n) is 0.711. The van der Waals surface area contributed by atoms with Gasteiger partial charge < -0.3 is 0 Å². The van der Waals surface area contributed by atoms with Gasteiger partial charge in [0, 0.05) is 0 Å². The summed E-state index contributed by atoms with van der Waals surface area (Å²) in [6.45, 7) is 4.25. The lowest BCUT2D eigenvalue weighted by Crippen LogP contribution is -1.65. The van der Waals surface area contributed by atoms with Crippen LogP contribution in [-0.2, 0) is 9.59 Å². The first kappa shape index (κ1) is 17.1. The van der Waals surface area contributed by atoms with E-state index in [1.807, 2.05) is 18.2 Å². The third-order valence-electron chi connectivity index (χ3n) is 1.20. The monoisotopic (exact) mass is 238 g/mol. The summed E-state index contributed by atoms with van der Waals surface area (Å²) in [5.41, 5.74) is 1.26. The third-order valence-corrected chi connectivity index (χ3v) is 1.60. The number of benzene rings is 1. The second kappa shape index (κ2) is 16.1. The Bertz CT molecular complexity index is 288. The molecule has 16 heavy (non-hydrogen) atoms. The van der Waals surface area contributed by atoms with Crippen molar-refractivity contribution in [3.8, 4) is 0 Å². The molecule has 0 bridgehead atoms. The van der Waals surface area contributed by atoms with Gasteiger partial charge in [0.25, 0.3) is 0 Å². The van der Waals surface area contributed by atoms with E-state index in [1.54, 1.807) is 11.8 Å². The lowest BCUT2D eigenvalue weighted by molar-refractivity contribution is -0.191. The summed E-state index contributed by atoms with van der Waals surface area (Å²) >= 11 is 1.72. The van der Waals surface area contributed by atoms with Crippen molar-refractivity contribution in [2.75, 3.05) is 6.26 Å². The molecular formula is C13H18O2S. The highest BCUT2D eigenvalue weighted by Gasteiger charge is 1.79. The molecule has 1 rings (SSSR count). The van der Waals surface area contributed by atoms with Crippen molar-refractivity contribution < 1.29 is 9.59 Å². The molecule has 0 N–H and O–H groups in total. The summed E-state index contributed by atoms with van der Waals surface area (Å²) in [5, 5.41) is 2.08. The Morgan fingerprint density at radius 2 is 1.62 bits per heavy atom. The zero-order valence-corrected chi connectivity index (χ0v) is 10.8. The molecule has 0 saturated carbocycles. The van der Waals surface area contributed by atoms with Gasteiger partial charge in [-0.25, -0.2) is 0 Å². The second-order valence-corrected chi connectivity index (χ2v) is 3.48. The van der Waals surface area contributed by atoms with E-state index in [9.17, 15) is 0 Å². The Balaban J connectivity index is 0. The van der Waals surface area contributed by atoms with Gasteiger partial charge in [-0.2, -0.15) is 9.59 Å². The summed E-state index contributed by atoms with van der Waals surface area (Å²) in [6, 6.07) is 10.3. The minimum absolute atomic E-state index is 0.250. The van der Waals surface area contributed by atoms with E-state index in [2.05, 4.69) is 43.7 Å². The molecule has 3 heteroatoms. The smallest absolute Gasteiger partial charge is 0.186 e. The third kappa shape index (κ3) is 15.2. The summed E-state index contributed by atoms with van der Waals surface area (Å²) < 4.78 is 0. The van der Waals surface area contributed by atoms with E-state index in [-0.39, 0.29) is 6.15 Å². The fourth-order valence-corrected chi connectivity index (χ4v) is 1.00. The molecular weight excluding hydrogens is 220 g/mol. The van der Waals surface area contributed by atoms with Gasteiger partial charge >= 0.3 is 6.15 Å². The molecule has 1 aromatic rings. The molecule has 0 aromatic heterocycles. The molecule has 2 nitrogen and oxygen atoms in total. The highest BCUT2D eigenvalue weighted by molar-refractivity contribution is 8.01. The molecule has 0 fully saturated rings. The van der Waals surface area contributed by atoms with E-state index >= 15 is 0 Å². The highest BCUT2D eigenvalue weighted by atomic mass is 32.2. The van der Waals surface area contributed by atoms with Crippen LogP contribution in [0, 0.1) is 0 Å². The second-order valence-electron chi connectivity index (χ2n) is 2.74. The Kier molecular flexibility index (Phi) is 17.2. The van der Waals surface area contributed by atoms with Crippen molar-refractivity contribution >= 4 is 24.0 Å². The largest absolute Gasteiger partial charge is 0.373 e. The van der Waals surface area contributed by atoms with E-state index in [1.165, 1.54) is 12.0 Å². The molecule has 1 aromatic carbocycles. The number of rotatable bonds is 2. The molecule has 0 aliphatic carbocycles. The van der Waals surface area contributed by atoms with Crippen molar-refractivity contribution in [3.63, 3.8) is 0 Å². The minimum Gasteiger partial charge on any atom is -0.186 e. The molecule has 0 unspecified atom stereocenters. The zero-order valence-electron chi connectivity index (χ0n) is 9.97. The van der Waals surface area contributed by atoms with Crippen LogP contribution < -0.4 is 0 Å². The minimum atomic E-state index is 0.250. The van der Waals surface area contributed by atoms with Crippen molar-refractivity contribution in [2.24, 2.45) is 0 Å². The molecule has 0 amide bonds. The molecule has 0 spiro atoms. The molecule has 0 heterocycles. The maximum atomic E-state index is 8.12. The first-order chi connectivity index (χ1) is 7.76. The Morgan fingerprint density at radius 1 is 1.19 bits per heavy atom. The molecule has 0 aliphatic rings. The molecule has 88 valence electrons. The molecule has 0 aliphatic heterocycles. The van der Waals surface area contributed by atoms with Crippen molar-refractivity contribution in [1.29, 1.82) is 0 Å². The van der Waals surface area contributed by atoms with Gasteiger partial charge in [-0.15, -0.1) is 11.8 Å². The zero-order chi connectivity index (χ0) is 12.6. The number of thioether (sulfide) groups is 1. The summed E-state index contributed by atoms with van der Waals surface area (Å²) in [5.74, 6) is 0. The Labute approximate surface area is 102 Å². The predicted octanol–water partition coefficient (Wildman–Crippen LogP) is 3.85. The Hall–Kier alpha value is -1.31. The SMILES string of the molecule is CCC.CS/C=C/c1ccccc1.O=C=O. The maximum absolute atomic E-state index is 8.12. The molecule has 0 radical (unpaired) electrons. The first-order valence-electron chi connectivity index (χ1n) is 5.00. The van der Waals surface area contributed by atoms with E-state index < -0.39 is 0 Å². The summed E-state index contributed by atoms with van der Waals surface area (Å²) in [7, 11) is 0. The standard InChI is InChI=1S/C9H10S.C3H8.CO2/c1-10-8-7-9-5-3-2-4-6-9;1-3-2;2-1-3/h2-8H,1H3;3H2,1-2H3;/b8-7+;;. The topological polar surface area (TPSA) is 34.1 Å². The van der Waals surface area contributed by atoms with E-state index in [4.69, 9.17) is 9.59 Å². The van der Waals surface area contributed by atoms with Crippen LogP contribution >= 0.6 is 11.8 Å². The Morgan fingerprint density at radius 3 is 2.00 bits per heavy atom. The quantitative estimate of drug-likeness (QED) is 0.784. The average Bonchev–Trinajstić information content (AvgIpc) is 2.30. The van der Waals surface area contributed by atoms with Crippen molar-refractivity contribution in [2.45, 2.75) is 20.3 Å². The van der Waals surface area contributed by atoms with Gasteiger partial charge in [0.05, 0.1) is 0 Å². The predicted molar refractivity (Wildman–Crippen MR) is 70.0 cm³/mol. The van der Waals surface area contributed by atoms with Crippen LogP contribution in [0.2, 0.25) is 0 Å². The van der Waals surface area contributed by atoms with Gasteiger partial charge in [-0.05, 0) is 23.3 Å². The van der Waals surface area contributed by atoms with Gasteiger partial charge in [0.2, 0.25) is 0 Å². The average molecular weight is 238 g/mol. The summed E-state index contributed by atoms with van der Waals surface area (Å²) in [6.07, 6.45) is 5.66. The normalized spacial score (nSPS) is 8.19. The van der Waals surface area contributed by atoms with E-state index in [0.29, 0.717) is 0 Å². The molecule has 0 atom stereocenters. The van der Waals surface area contributed by atoms with Crippen LogP contribution in [-0.4, -0.2) is 12.4 Å². The van der Waals surface area contributed by atoms with Crippen LogP contribution in [0.25, 0.3) is 6.08 Å². The molecule has 0 saturated heterocycles. The summed E-state index contributed by atoms with van der Waals surface area (Å²) in [4.78, 5) is 16.2. The lowest BCUT2D eigenvalue weighted by Gasteiger charge is -1.88. The van der Waals surface area contributed by atoms with Crippen molar-refractivity contribution in [3.05, 3.63) is 41.3 Å². The van der Waals surface area contributed by atoms with Gasteiger partial charge in [-0.3, -0.25) is 0 Å². The van der Waals surface area contributed by atoms with Gasteiger partial charge in [0.1, 0.15) is 0 Å². The number of hydrogen-bond acceptors (Lipinski definition) is 3. The van der Waals surface area contributed by atoms with Gasteiger partial charge in [0.15, 0.2) is 0 Å². The van der Waals surface area contributed by atoms with Crippen LogP contribution in [0.1, 0.15) is 25.8 Å². The number of hydrogen-bond donors (Lipinski definition) is 0. The lowest BCUT2D eigenvalue weighted by atomic mass is 10.2. The van der Waals surface area contributed by atoms with Crippen molar-refractivity contribution in [1.82, 2.24) is 0 Å². The van der Waals surface area contributed by atoms with Crippen LogP contribution in [0.5, 0.6) is 0 Å². The maximum Gasteiger partial charge on any atom is 0.373 e. The highest BCUT2D eigenvalue weighted by Crippen LogP contribution is 2.04. The number of carbonyl (C=O) groups excluding carboxylic acids is 2. The van der Waals surface area contributed by atoms with Crippen LogP contribution in [0.15, 0.2) is 35.7 Å². The van der Waals surface area contributed by atoms with Crippen LogP contribution in [0.4, 0.5) is 0 Å². The first-order valence-corrected chi connectivity index (χ1v) is 6.29. The van der Waals surface area contributed by atoms with E-state index in [0.717, 1.165) is 0 Å².